The number of ether oxygens (including phenoxy) is 1. The van der Waals surface area contributed by atoms with Crippen LogP contribution in [0, 0.1) is 18.8 Å². The SMILES string of the molecule is CCC(C)Nc1cc(C)cc2c1cc(C#CCNc1ccc(SN)cc1OC)n2CC(F)(F)F. The van der Waals surface area contributed by atoms with Gasteiger partial charge in [0.05, 0.1) is 30.6 Å². The number of hydrogen-bond donors (Lipinski definition) is 3. The first-order valence-electron chi connectivity index (χ1n) is 10.9. The van der Waals surface area contributed by atoms with Crippen molar-refractivity contribution in [3.63, 3.8) is 0 Å². The van der Waals surface area contributed by atoms with E-state index in [1.165, 1.54) is 4.57 Å². The molecule has 5 nitrogen and oxygen atoms in total. The molecule has 0 saturated carbocycles. The molecule has 1 atom stereocenters. The van der Waals surface area contributed by atoms with Gasteiger partial charge in [-0.25, -0.2) is 0 Å². The van der Waals surface area contributed by atoms with Crippen LogP contribution in [0.3, 0.4) is 0 Å². The lowest BCUT2D eigenvalue weighted by molar-refractivity contribution is -0.140. The smallest absolute Gasteiger partial charge is 0.406 e. The van der Waals surface area contributed by atoms with E-state index in [0.717, 1.165) is 45.6 Å². The number of nitrogens with two attached hydrogens (primary N) is 1. The Morgan fingerprint density at radius 3 is 2.59 bits per heavy atom. The van der Waals surface area contributed by atoms with E-state index >= 15 is 0 Å². The highest BCUT2D eigenvalue weighted by Gasteiger charge is 2.30. The molecule has 0 aliphatic rings. The van der Waals surface area contributed by atoms with Crippen molar-refractivity contribution in [2.75, 3.05) is 24.3 Å². The second-order valence-corrected chi connectivity index (χ2v) is 8.77. The zero-order valence-electron chi connectivity index (χ0n) is 19.6. The monoisotopic (exact) mass is 490 g/mol. The summed E-state index contributed by atoms with van der Waals surface area (Å²) in [6, 6.07) is 11.1. The molecule has 1 aromatic heterocycles. The number of aryl methyl sites for hydroxylation is 1. The number of fused-ring (bicyclic) bond motifs is 1. The van der Waals surface area contributed by atoms with E-state index in [4.69, 9.17) is 9.88 Å². The van der Waals surface area contributed by atoms with Crippen LogP contribution in [-0.4, -0.2) is 30.4 Å². The van der Waals surface area contributed by atoms with Crippen molar-refractivity contribution in [3.05, 3.63) is 47.7 Å². The molecule has 0 aliphatic heterocycles. The number of alkyl halides is 3. The number of nitrogens with zero attached hydrogens (tertiary/aromatic N) is 1. The topological polar surface area (TPSA) is 64.2 Å². The van der Waals surface area contributed by atoms with Crippen LogP contribution in [-0.2, 0) is 6.54 Å². The van der Waals surface area contributed by atoms with E-state index in [-0.39, 0.29) is 12.6 Å². The fraction of sp³-hybridized carbons (Fsp3) is 0.360. The summed E-state index contributed by atoms with van der Waals surface area (Å²) in [7, 11) is 1.56. The Morgan fingerprint density at radius 2 is 1.94 bits per heavy atom. The Hall–Kier alpha value is -2.96. The fourth-order valence-corrected chi connectivity index (χ4v) is 3.92. The molecule has 0 saturated heterocycles. The lowest BCUT2D eigenvalue weighted by atomic mass is 10.1. The van der Waals surface area contributed by atoms with Gasteiger partial charge in [-0.3, -0.25) is 5.14 Å². The summed E-state index contributed by atoms with van der Waals surface area (Å²) in [5.74, 6) is 6.49. The maximum Gasteiger partial charge on any atom is 0.406 e. The van der Waals surface area contributed by atoms with E-state index in [1.54, 1.807) is 25.3 Å². The van der Waals surface area contributed by atoms with Gasteiger partial charge in [-0.15, -0.1) is 0 Å². The highest BCUT2D eigenvalue weighted by Crippen LogP contribution is 2.32. The molecule has 0 spiro atoms. The second-order valence-electron chi connectivity index (χ2n) is 8.07. The van der Waals surface area contributed by atoms with Crippen LogP contribution in [0.1, 0.15) is 31.5 Å². The summed E-state index contributed by atoms with van der Waals surface area (Å²) in [5, 5.41) is 12.9. The first-order chi connectivity index (χ1) is 16.1. The first-order valence-corrected chi connectivity index (χ1v) is 11.8. The van der Waals surface area contributed by atoms with Gasteiger partial charge >= 0.3 is 6.18 Å². The van der Waals surface area contributed by atoms with E-state index in [0.29, 0.717) is 17.0 Å². The first kappa shape index (κ1) is 25.7. The molecule has 3 rings (SSSR count). The zero-order chi connectivity index (χ0) is 24.9. The molecule has 2 aromatic carbocycles. The second kappa shape index (κ2) is 11.0. The van der Waals surface area contributed by atoms with E-state index in [1.807, 2.05) is 32.0 Å². The summed E-state index contributed by atoms with van der Waals surface area (Å²) >= 11 is 1.11. The number of anilines is 2. The Bertz CT molecular complexity index is 1210. The third-order valence-electron chi connectivity index (χ3n) is 5.41. The highest BCUT2D eigenvalue weighted by atomic mass is 32.2. The van der Waals surface area contributed by atoms with Crippen molar-refractivity contribution in [2.24, 2.45) is 5.14 Å². The van der Waals surface area contributed by atoms with Gasteiger partial charge in [0.15, 0.2) is 0 Å². The predicted octanol–water partition coefficient (Wildman–Crippen LogP) is 6.16. The Morgan fingerprint density at radius 1 is 1.18 bits per heavy atom. The summed E-state index contributed by atoms with van der Waals surface area (Å²) in [5.41, 5.74) is 3.24. The molecule has 0 aliphatic carbocycles. The molecular weight excluding hydrogens is 461 g/mol. The fourth-order valence-electron chi connectivity index (χ4n) is 3.60. The van der Waals surface area contributed by atoms with Gasteiger partial charge < -0.3 is 19.9 Å². The Labute approximate surface area is 202 Å². The van der Waals surface area contributed by atoms with Crippen LogP contribution in [0.15, 0.2) is 41.3 Å². The molecule has 34 heavy (non-hydrogen) atoms. The molecule has 0 radical (unpaired) electrons. The molecule has 9 heteroatoms. The molecule has 182 valence electrons. The number of hydrogen-bond acceptors (Lipinski definition) is 5. The predicted molar refractivity (Wildman–Crippen MR) is 135 cm³/mol. The van der Waals surface area contributed by atoms with Gasteiger partial charge in [-0.05, 0) is 80.1 Å². The van der Waals surface area contributed by atoms with Gasteiger partial charge in [0.1, 0.15) is 12.3 Å². The minimum absolute atomic E-state index is 0.189. The van der Waals surface area contributed by atoms with Crippen LogP contribution in [0.2, 0.25) is 0 Å². The maximum atomic E-state index is 13.4. The van der Waals surface area contributed by atoms with Gasteiger partial charge in [0.2, 0.25) is 0 Å². The number of rotatable bonds is 8. The van der Waals surface area contributed by atoms with Crippen molar-refractivity contribution in [1.29, 1.82) is 0 Å². The third-order valence-corrected chi connectivity index (χ3v) is 5.94. The van der Waals surface area contributed by atoms with Crippen LogP contribution in [0.4, 0.5) is 24.5 Å². The van der Waals surface area contributed by atoms with E-state index < -0.39 is 12.7 Å². The highest BCUT2D eigenvalue weighted by molar-refractivity contribution is 7.97. The molecule has 0 amide bonds. The van der Waals surface area contributed by atoms with Crippen molar-refractivity contribution in [3.8, 4) is 17.6 Å². The molecule has 3 aromatic rings. The zero-order valence-corrected chi connectivity index (χ0v) is 20.5. The number of benzene rings is 2. The van der Waals surface area contributed by atoms with E-state index in [9.17, 15) is 13.2 Å². The van der Waals surface area contributed by atoms with Crippen molar-refractivity contribution >= 4 is 34.2 Å². The van der Waals surface area contributed by atoms with Crippen molar-refractivity contribution in [2.45, 2.75) is 50.9 Å². The number of nitrogens with one attached hydrogen (secondary N) is 2. The Balaban J connectivity index is 1.95. The molecular formula is C25H29F3N4OS. The van der Waals surface area contributed by atoms with Gasteiger partial charge in [-0.1, -0.05) is 12.8 Å². The van der Waals surface area contributed by atoms with Gasteiger partial charge in [-0.2, -0.15) is 13.2 Å². The summed E-state index contributed by atoms with van der Waals surface area (Å²) < 4.78 is 46.9. The minimum Gasteiger partial charge on any atom is -0.495 e. The van der Waals surface area contributed by atoms with Gasteiger partial charge in [0.25, 0.3) is 0 Å². The van der Waals surface area contributed by atoms with Crippen LogP contribution >= 0.6 is 11.9 Å². The number of halogens is 3. The maximum absolute atomic E-state index is 13.4. The van der Waals surface area contributed by atoms with Crippen LogP contribution in [0.5, 0.6) is 5.75 Å². The number of methoxy groups -OCH3 is 1. The lowest BCUT2D eigenvalue weighted by Gasteiger charge is -2.16. The van der Waals surface area contributed by atoms with Crippen LogP contribution in [0.25, 0.3) is 10.9 Å². The summed E-state index contributed by atoms with van der Waals surface area (Å²) in [6.07, 6.45) is -3.48. The number of aromatic nitrogens is 1. The van der Waals surface area contributed by atoms with E-state index in [2.05, 4.69) is 29.4 Å². The Kier molecular flexibility index (Phi) is 8.28. The summed E-state index contributed by atoms with van der Waals surface area (Å²) in [6.45, 7) is 5.10. The molecule has 0 fully saturated rings. The summed E-state index contributed by atoms with van der Waals surface area (Å²) in [4.78, 5) is 0.849. The minimum atomic E-state index is -4.37. The average Bonchev–Trinajstić information content (AvgIpc) is 3.12. The quantitative estimate of drug-likeness (QED) is 0.261. The largest absolute Gasteiger partial charge is 0.495 e. The molecule has 4 N–H and O–H groups in total. The average molecular weight is 491 g/mol. The molecule has 1 unspecified atom stereocenters. The third kappa shape index (κ3) is 6.33. The lowest BCUT2D eigenvalue weighted by Crippen LogP contribution is -2.18. The van der Waals surface area contributed by atoms with Crippen molar-refractivity contribution < 1.29 is 17.9 Å². The molecule has 0 bridgehead atoms. The standard InChI is InChI=1S/C25H29F3N4OS/c1-5-17(3)31-22-11-16(2)12-23-20(22)13-18(32(23)15-25(26,27)28)7-6-10-30-21-9-8-19(34-29)14-24(21)33-4/h8-9,11-14,17,30-31H,5,10,15,29H2,1-4H3. The normalized spacial score (nSPS) is 12.2. The van der Waals surface area contributed by atoms with Crippen LogP contribution < -0.4 is 20.5 Å². The van der Waals surface area contributed by atoms with Gasteiger partial charge in [0, 0.05) is 22.0 Å². The molecule has 1 heterocycles. The van der Waals surface area contributed by atoms with Crippen molar-refractivity contribution in [1.82, 2.24) is 4.57 Å².